The van der Waals surface area contributed by atoms with Gasteiger partial charge in [-0.15, -0.1) is 0 Å². The van der Waals surface area contributed by atoms with E-state index in [1.54, 1.807) is 6.33 Å². The number of aromatic nitrogens is 3. The molecule has 118 valence electrons. The van der Waals surface area contributed by atoms with Crippen molar-refractivity contribution >= 4 is 16.9 Å². The smallest absolute Gasteiger partial charge is 0.142 e. The van der Waals surface area contributed by atoms with Gasteiger partial charge in [-0.25, -0.2) is 9.97 Å². The quantitative estimate of drug-likeness (QED) is 0.908. The van der Waals surface area contributed by atoms with Crippen LogP contribution in [0.25, 0.3) is 11.0 Å². The number of fused-ring (bicyclic) bond motifs is 1. The molecule has 2 N–H and O–H groups in total. The molecule has 22 heavy (non-hydrogen) atoms. The van der Waals surface area contributed by atoms with E-state index in [4.69, 9.17) is 4.74 Å². The largest absolute Gasteiger partial charge is 0.379 e. The molecular weight excluding hydrogens is 278 g/mol. The number of hydrogen-bond acceptors (Lipinski definition) is 5. The zero-order valence-corrected chi connectivity index (χ0v) is 12.8. The fraction of sp³-hybridized carbons (Fsp3) is 0.625. The van der Waals surface area contributed by atoms with E-state index in [2.05, 4.69) is 25.2 Å². The van der Waals surface area contributed by atoms with E-state index in [-0.39, 0.29) is 0 Å². The van der Waals surface area contributed by atoms with E-state index < -0.39 is 0 Å². The number of nitrogens with one attached hydrogen (secondary N) is 2. The molecule has 6 heteroatoms. The maximum atomic E-state index is 5.45. The van der Waals surface area contributed by atoms with Gasteiger partial charge < -0.3 is 15.0 Å². The Hall–Kier alpha value is -1.66. The van der Waals surface area contributed by atoms with Crippen molar-refractivity contribution in [1.29, 1.82) is 0 Å². The average Bonchev–Trinajstić information content (AvgIpc) is 3.06. The maximum absolute atomic E-state index is 5.45. The zero-order chi connectivity index (χ0) is 14.8. The average molecular weight is 301 g/mol. The molecule has 0 unspecified atom stereocenters. The summed E-state index contributed by atoms with van der Waals surface area (Å²) < 4.78 is 5.45. The standard InChI is InChI=1S/C16H23N5O/c1-3-13(21-7-9-22-10-8-21)4-2-12(1)20-16-14-5-6-17-15(14)18-11-19-16/h5-6,11-13H,1-4,7-10H2,(H2,17,18,19,20). The van der Waals surface area contributed by atoms with Crippen LogP contribution in [0.4, 0.5) is 5.82 Å². The highest BCUT2D eigenvalue weighted by Gasteiger charge is 2.27. The van der Waals surface area contributed by atoms with E-state index in [1.165, 1.54) is 25.7 Å². The number of rotatable bonds is 3. The first kappa shape index (κ1) is 14.0. The minimum absolute atomic E-state index is 0.519. The molecule has 0 aromatic carbocycles. The van der Waals surface area contributed by atoms with Crippen molar-refractivity contribution in [3.8, 4) is 0 Å². The molecule has 1 aliphatic carbocycles. The number of aromatic amines is 1. The van der Waals surface area contributed by atoms with Gasteiger partial charge in [0.2, 0.25) is 0 Å². The number of hydrogen-bond donors (Lipinski definition) is 2. The second kappa shape index (κ2) is 6.22. The summed E-state index contributed by atoms with van der Waals surface area (Å²) in [6, 6.07) is 3.29. The van der Waals surface area contributed by atoms with E-state index in [9.17, 15) is 0 Å². The molecule has 2 fully saturated rings. The summed E-state index contributed by atoms with van der Waals surface area (Å²) in [5.74, 6) is 0.959. The van der Waals surface area contributed by atoms with Gasteiger partial charge in [-0.1, -0.05) is 0 Å². The lowest BCUT2D eigenvalue weighted by Crippen LogP contribution is -2.46. The van der Waals surface area contributed by atoms with Crippen LogP contribution in [-0.2, 0) is 4.74 Å². The monoisotopic (exact) mass is 301 g/mol. The highest BCUT2D eigenvalue weighted by molar-refractivity contribution is 5.86. The molecule has 2 aromatic heterocycles. The van der Waals surface area contributed by atoms with Gasteiger partial charge in [0, 0.05) is 31.4 Å². The van der Waals surface area contributed by atoms with Crippen molar-refractivity contribution in [3.05, 3.63) is 18.6 Å². The molecule has 0 amide bonds. The van der Waals surface area contributed by atoms with Gasteiger partial charge in [-0.3, -0.25) is 4.90 Å². The fourth-order valence-corrected chi connectivity index (χ4v) is 3.71. The van der Waals surface area contributed by atoms with Gasteiger partial charge >= 0.3 is 0 Å². The third-order valence-corrected chi connectivity index (χ3v) is 4.95. The fourth-order valence-electron chi connectivity index (χ4n) is 3.71. The van der Waals surface area contributed by atoms with Crippen LogP contribution in [0.2, 0.25) is 0 Å². The van der Waals surface area contributed by atoms with Crippen molar-refractivity contribution in [3.63, 3.8) is 0 Å². The number of morpholine rings is 1. The van der Waals surface area contributed by atoms with Crippen molar-refractivity contribution in [2.45, 2.75) is 37.8 Å². The second-order valence-corrected chi connectivity index (χ2v) is 6.26. The zero-order valence-electron chi connectivity index (χ0n) is 12.8. The number of anilines is 1. The normalized spacial score (nSPS) is 27.1. The summed E-state index contributed by atoms with van der Waals surface area (Å²) in [6.07, 6.45) is 8.48. The van der Waals surface area contributed by atoms with E-state index in [0.717, 1.165) is 49.2 Å². The van der Waals surface area contributed by atoms with Crippen LogP contribution >= 0.6 is 0 Å². The summed E-state index contributed by atoms with van der Waals surface area (Å²) in [4.78, 5) is 14.4. The molecule has 1 saturated carbocycles. The Balaban J connectivity index is 1.36. The molecule has 0 atom stereocenters. The lowest BCUT2D eigenvalue weighted by Gasteiger charge is -2.39. The molecular formula is C16H23N5O. The summed E-state index contributed by atoms with van der Waals surface area (Å²) in [7, 11) is 0. The van der Waals surface area contributed by atoms with Gasteiger partial charge in [0.05, 0.1) is 18.6 Å². The van der Waals surface area contributed by atoms with Gasteiger partial charge in [0.25, 0.3) is 0 Å². The SMILES string of the molecule is c1nc(NC2CCC(N3CCOCC3)CC2)c2cc[nH]c2n1. The molecule has 0 bridgehead atoms. The lowest BCUT2D eigenvalue weighted by atomic mass is 9.90. The Bertz CT molecular complexity index is 614. The van der Waals surface area contributed by atoms with Crippen LogP contribution in [0.3, 0.4) is 0 Å². The molecule has 2 aromatic rings. The van der Waals surface area contributed by atoms with Crippen LogP contribution in [0.5, 0.6) is 0 Å². The highest BCUT2D eigenvalue weighted by atomic mass is 16.5. The highest BCUT2D eigenvalue weighted by Crippen LogP contribution is 2.27. The van der Waals surface area contributed by atoms with Gasteiger partial charge in [0.1, 0.15) is 17.8 Å². The van der Waals surface area contributed by atoms with Gasteiger partial charge in [-0.2, -0.15) is 0 Å². The molecule has 6 nitrogen and oxygen atoms in total. The third-order valence-electron chi connectivity index (χ3n) is 4.95. The minimum atomic E-state index is 0.519. The van der Waals surface area contributed by atoms with Crippen LogP contribution in [0.1, 0.15) is 25.7 Å². The maximum Gasteiger partial charge on any atom is 0.142 e. The molecule has 0 radical (unpaired) electrons. The Labute approximate surface area is 130 Å². The van der Waals surface area contributed by atoms with Crippen molar-refractivity contribution < 1.29 is 4.74 Å². The van der Waals surface area contributed by atoms with Gasteiger partial charge in [-0.05, 0) is 31.7 Å². The first-order valence-corrected chi connectivity index (χ1v) is 8.26. The molecule has 3 heterocycles. The van der Waals surface area contributed by atoms with Crippen LogP contribution in [0.15, 0.2) is 18.6 Å². The Kier molecular flexibility index (Phi) is 3.95. The van der Waals surface area contributed by atoms with Crippen LogP contribution in [0, 0.1) is 0 Å². The van der Waals surface area contributed by atoms with E-state index in [0.29, 0.717) is 6.04 Å². The number of nitrogens with zero attached hydrogens (tertiary/aromatic N) is 3. The lowest BCUT2D eigenvalue weighted by molar-refractivity contribution is 0.00791. The molecule has 0 spiro atoms. The molecule has 4 rings (SSSR count). The van der Waals surface area contributed by atoms with Crippen molar-refractivity contribution in [2.75, 3.05) is 31.6 Å². The molecule has 2 aliphatic rings. The minimum Gasteiger partial charge on any atom is -0.379 e. The Morgan fingerprint density at radius 3 is 2.77 bits per heavy atom. The summed E-state index contributed by atoms with van der Waals surface area (Å²) >= 11 is 0. The number of ether oxygens (including phenoxy) is 1. The predicted octanol–water partition coefficient (Wildman–Crippen LogP) is 2.01. The predicted molar refractivity (Wildman–Crippen MR) is 85.9 cm³/mol. The topological polar surface area (TPSA) is 66.1 Å². The Morgan fingerprint density at radius 1 is 1.14 bits per heavy atom. The second-order valence-electron chi connectivity index (χ2n) is 6.26. The van der Waals surface area contributed by atoms with E-state index >= 15 is 0 Å². The summed E-state index contributed by atoms with van der Waals surface area (Å²) in [5.41, 5.74) is 0.902. The van der Waals surface area contributed by atoms with Crippen molar-refractivity contribution in [1.82, 2.24) is 19.9 Å². The van der Waals surface area contributed by atoms with Gasteiger partial charge in [0.15, 0.2) is 0 Å². The van der Waals surface area contributed by atoms with Crippen LogP contribution < -0.4 is 5.32 Å². The third kappa shape index (κ3) is 2.80. The molecule has 1 aliphatic heterocycles. The van der Waals surface area contributed by atoms with Crippen molar-refractivity contribution in [2.24, 2.45) is 0 Å². The first-order valence-electron chi connectivity index (χ1n) is 8.26. The summed E-state index contributed by atoms with van der Waals surface area (Å²) in [6.45, 7) is 3.98. The Morgan fingerprint density at radius 2 is 1.95 bits per heavy atom. The summed E-state index contributed by atoms with van der Waals surface area (Å²) in [5, 5.41) is 4.70. The number of H-pyrrole nitrogens is 1. The molecule has 1 saturated heterocycles. The van der Waals surface area contributed by atoms with Crippen LogP contribution in [-0.4, -0.2) is 58.2 Å². The first-order chi connectivity index (χ1) is 10.9. The van der Waals surface area contributed by atoms with E-state index in [1.807, 2.05) is 12.3 Å².